The normalized spacial score (nSPS) is 13.7. The number of amides is 2. The average molecular weight is 464 g/mol. The number of nitrogens with zero attached hydrogens (tertiary/aromatic N) is 2. The van der Waals surface area contributed by atoms with Gasteiger partial charge in [0.05, 0.1) is 10.6 Å². The summed E-state index contributed by atoms with van der Waals surface area (Å²) in [5.41, 5.74) is 2.19. The lowest BCUT2D eigenvalue weighted by molar-refractivity contribution is -0.117. The summed E-state index contributed by atoms with van der Waals surface area (Å²) < 4.78 is 27.6. The van der Waals surface area contributed by atoms with E-state index in [9.17, 15) is 18.0 Å². The first-order chi connectivity index (χ1) is 15.9. The molecular weight excluding hydrogens is 438 g/mol. The molecule has 0 saturated carbocycles. The molecule has 1 saturated heterocycles. The molecular formula is C25H25N3O4S. The van der Waals surface area contributed by atoms with E-state index in [4.69, 9.17) is 0 Å². The van der Waals surface area contributed by atoms with Gasteiger partial charge in [0.25, 0.3) is 15.9 Å². The predicted molar refractivity (Wildman–Crippen MR) is 129 cm³/mol. The number of carbonyl (C=O) groups is 2. The van der Waals surface area contributed by atoms with Crippen LogP contribution in [0.3, 0.4) is 0 Å². The molecule has 1 aliphatic heterocycles. The molecule has 0 radical (unpaired) electrons. The maximum Gasteiger partial charge on any atom is 0.264 e. The molecule has 0 bridgehead atoms. The minimum Gasteiger partial charge on any atom is -0.322 e. The van der Waals surface area contributed by atoms with Crippen molar-refractivity contribution >= 4 is 38.9 Å². The monoisotopic (exact) mass is 463 g/mol. The van der Waals surface area contributed by atoms with Gasteiger partial charge in [0, 0.05) is 36.4 Å². The summed E-state index contributed by atoms with van der Waals surface area (Å²) in [5, 5.41) is 2.79. The molecule has 170 valence electrons. The highest BCUT2D eigenvalue weighted by molar-refractivity contribution is 7.92. The van der Waals surface area contributed by atoms with E-state index in [0.29, 0.717) is 42.1 Å². The fourth-order valence-electron chi connectivity index (χ4n) is 3.86. The Morgan fingerprint density at radius 1 is 1.00 bits per heavy atom. The number of sulfonamides is 1. The van der Waals surface area contributed by atoms with Crippen LogP contribution < -0.4 is 14.5 Å². The van der Waals surface area contributed by atoms with Crippen molar-refractivity contribution in [3.8, 4) is 0 Å². The number of para-hydroxylation sites is 1. The molecule has 7 nitrogen and oxygen atoms in total. The van der Waals surface area contributed by atoms with Crippen LogP contribution in [0.2, 0.25) is 0 Å². The SMILES string of the molecule is CCN(c1ccccc1)S(=O)(=O)c1ccc(NC(=O)c2cccc(N3CCCC3=O)c2)cc1. The summed E-state index contributed by atoms with van der Waals surface area (Å²) in [7, 11) is -3.74. The number of benzene rings is 3. The van der Waals surface area contributed by atoms with E-state index in [1.165, 1.54) is 16.4 Å². The van der Waals surface area contributed by atoms with Crippen LogP contribution in [0.4, 0.5) is 17.1 Å². The zero-order valence-electron chi connectivity index (χ0n) is 18.3. The van der Waals surface area contributed by atoms with Crippen LogP contribution in [0.15, 0.2) is 83.8 Å². The smallest absolute Gasteiger partial charge is 0.264 e. The number of anilines is 3. The van der Waals surface area contributed by atoms with Crippen LogP contribution in [0.25, 0.3) is 0 Å². The summed E-state index contributed by atoms with van der Waals surface area (Å²) in [6.45, 7) is 2.72. The zero-order valence-corrected chi connectivity index (χ0v) is 19.1. The summed E-state index contributed by atoms with van der Waals surface area (Å²) in [6, 6.07) is 21.9. The van der Waals surface area contributed by atoms with Crippen LogP contribution in [0, 0.1) is 0 Å². The van der Waals surface area contributed by atoms with Crippen molar-refractivity contribution in [1.29, 1.82) is 0 Å². The van der Waals surface area contributed by atoms with Gasteiger partial charge in [-0.05, 0) is 67.9 Å². The molecule has 33 heavy (non-hydrogen) atoms. The second kappa shape index (κ2) is 9.46. The lowest BCUT2D eigenvalue weighted by Gasteiger charge is -2.23. The molecule has 1 fully saturated rings. The Hall–Kier alpha value is -3.65. The number of carbonyl (C=O) groups excluding carboxylic acids is 2. The lowest BCUT2D eigenvalue weighted by Crippen LogP contribution is -2.30. The largest absolute Gasteiger partial charge is 0.322 e. The summed E-state index contributed by atoms with van der Waals surface area (Å²) in [6.07, 6.45) is 1.33. The van der Waals surface area contributed by atoms with Gasteiger partial charge in [-0.1, -0.05) is 24.3 Å². The Morgan fingerprint density at radius 3 is 2.36 bits per heavy atom. The number of hydrogen-bond donors (Lipinski definition) is 1. The highest BCUT2D eigenvalue weighted by atomic mass is 32.2. The third-order valence-corrected chi connectivity index (χ3v) is 7.44. The van der Waals surface area contributed by atoms with Crippen LogP contribution in [0.1, 0.15) is 30.1 Å². The molecule has 0 aromatic heterocycles. The average Bonchev–Trinajstić information content (AvgIpc) is 3.26. The van der Waals surface area contributed by atoms with Gasteiger partial charge in [0.2, 0.25) is 5.91 Å². The molecule has 0 atom stereocenters. The van der Waals surface area contributed by atoms with Gasteiger partial charge in [0.1, 0.15) is 0 Å². The fraction of sp³-hybridized carbons (Fsp3) is 0.200. The van der Waals surface area contributed by atoms with E-state index in [2.05, 4.69) is 5.32 Å². The van der Waals surface area contributed by atoms with Crippen molar-refractivity contribution in [3.63, 3.8) is 0 Å². The third kappa shape index (κ3) is 4.75. The Kier molecular flexibility index (Phi) is 6.46. The van der Waals surface area contributed by atoms with Crippen molar-refractivity contribution in [2.24, 2.45) is 0 Å². The summed E-state index contributed by atoms with van der Waals surface area (Å²) in [4.78, 5) is 26.6. The van der Waals surface area contributed by atoms with E-state index >= 15 is 0 Å². The first-order valence-electron chi connectivity index (χ1n) is 10.8. The predicted octanol–water partition coefficient (Wildman–Crippen LogP) is 4.28. The fourth-order valence-corrected chi connectivity index (χ4v) is 5.34. The molecule has 0 unspecified atom stereocenters. The number of rotatable bonds is 7. The van der Waals surface area contributed by atoms with E-state index in [0.717, 1.165) is 6.42 Å². The van der Waals surface area contributed by atoms with Gasteiger partial charge in [-0.3, -0.25) is 13.9 Å². The van der Waals surface area contributed by atoms with Gasteiger partial charge in [-0.25, -0.2) is 8.42 Å². The van der Waals surface area contributed by atoms with Crippen LogP contribution in [0.5, 0.6) is 0 Å². The Labute approximate surface area is 193 Å². The Morgan fingerprint density at radius 2 is 1.73 bits per heavy atom. The highest BCUT2D eigenvalue weighted by Gasteiger charge is 2.24. The van der Waals surface area contributed by atoms with Gasteiger partial charge >= 0.3 is 0 Å². The van der Waals surface area contributed by atoms with Crippen LogP contribution >= 0.6 is 0 Å². The van der Waals surface area contributed by atoms with Crippen molar-refractivity contribution in [1.82, 2.24) is 0 Å². The van der Waals surface area contributed by atoms with Crippen molar-refractivity contribution in [2.75, 3.05) is 27.6 Å². The molecule has 1 heterocycles. The van der Waals surface area contributed by atoms with Crippen molar-refractivity contribution < 1.29 is 18.0 Å². The van der Waals surface area contributed by atoms with Gasteiger partial charge < -0.3 is 10.2 Å². The highest BCUT2D eigenvalue weighted by Crippen LogP contribution is 2.25. The molecule has 3 aromatic rings. The van der Waals surface area contributed by atoms with Crippen molar-refractivity contribution in [3.05, 3.63) is 84.4 Å². The quantitative estimate of drug-likeness (QED) is 0.567. The molecule has 1 aliphatic rings. The minimum atomic E-state index is -3.74. The summed E-state index contributed by atoms with van der Waals surface area (Å²) >= 11 is 0. The lowest BCUT2D eigenvalue weighted by atomic mass is 10.1. The maximum atomic E-state index is 13.1. The van der Waals surface area contributed by atoms with Crippen molar-refractivity contribution in [2.45, 2.75) is 24.7 Å². The molecule has 2 amide bonds. The van der Waals surface area contributed by atoms with E-state index in [1.54, 1.807) is 66.4 Å². The van der Waals surface area contributed by atoms with E-state index in [1.807, 2.05) is 12.1 Å². The molecule has 0 aliphatic carbocycles. The topological polar surface area (TPSA) is 86.8 Å². The summed E-state index contributed by atoms with van der Waals surface area (Å²) in [5.74, 6) is -0.278. The molecule has 1 N–H and O–H groups in total. The molecule has 0 spiro atoms. The Balaban J connectivity index is 1.50. The zero-order chi connectivity index (χ0) is 23.4. The standard InChI is InChI=1S/C25H25N3O4S/c1-2-28(21-9-4-3-5-10-21)33(31,32)23-15-13-20(14-16-23)26-25(30)19-8-6-11-22(18-19)27-17-7-12-24(27)29/h3-6,8-11,13-16,18H,2,7,12,17H2,1H3,(H,26,30). The van der Waals surface area contributed by atoms with Gasteiger partial charge in [0.15, 0.2) is 0 Å². The van der Waals surface area contributed by atoms with E-state index in [-0.39, 0.29) is 16.7 Å². The maximum absolute atomic E-state index is 13.1. The first kappa shape index (κ1) is 22.5. The van der Waals surface area contributed by atoms with Crippen LogP contribution in [-0.2, 0) is 14.8 Å². The number of hydrogen-bond acceptors (Lipinski definition) is 4. The third-order valence-electron chi connectivity index (χ3n) is 5.53. The van der Waals surface area contributed by atoms with Crippen LogP contribution in [-0.4, -0.2) is 33.3 Å². The molecule has 4 rings (SSSR count). The van der Waals surface area contributed by atoms with Gasteiger partial charge in [-0.15, -0.1) is 0 Å². The second-order valence-electron chi connectivity index (χ2n) is 7.68. The molecule has 8 heteroatoms. The van der Waals surface area contributed by atoms with Gasteiger partial charge in [-0.2, -0.15) is 0 Å². The molecule has 3 aromatic carbocycles. The van der Waals surface area contributed by atoms with E-state index < -0.39 is 10.0 Å². The first-order valence-corrected chi connectivity index (χ1v) is 12.2. The second-order valence-corrected chi connectivity index (χ2v) is 9.55. The number of nitrogens with one attached hydrogen (secondary N) is 1. The minimum absolute atomic E-state index is 0.0565. The Bertz CT molecular complexity index is 1260.